The first-order valence-electron chi connectivity index (χ1n) is 13.2. The molecule has 0 aromatic heterocycles. The van der Waals surface area contributed by atoms with Gasteiger partial charge in [0.25, 0.3) is 5.91 Å². The van der Waals surface area contributed by atoms with E-state index in [1.54, 1.807) is 0 Å². The Bertz CT molecular complexity index is 1300. The average Bonchev–Trinajstić information content (AvgIpc) is 3.66. The molecule has 2 saturated carbocycles. The van der Waals surface area contributed by atoms with Gasteiger partial charge in [-0.15, -0.1) is 0 Å². The van der Waals surface area contributed by atoms with Gasteiger partial charge in [-0.3, -0.25) is 19.3 Å². The lowest BCUT2D eigenvalue weighted by Gasteiger charge is -2.46. The number of benzene rings is 1. The first kappa shape index (κ1) is 26.4. The van der Waals surface area contributed by atoms with Crippen LogP contribution in [0.1, 0.15) is 62.1 Å². The van der Waals surface area contributed by atoms with Crippen molar-refractivity contribution in [2.75, 3.05) is 13.1 Å². The Hall–Kier alpha value is -3.24. The highest BCUT2D eigenvalue weighted by Gasteiger charge is 2.60. The number of ketones is 2. The van der Waals surface area contributed by atoms with Crippen molar-refractivity contribution in [1.29, 1.82) is 0 Å². The molecule has 1 aromatic carbocycles. The normalized spacial score (nSPS) is 26.9. The Morgan fingerprint density at radius 1 is 1.21 bits per heavy atom. The number of carbonyl (C=O) groups is 3. The first-order chi connectivity index (χ1) is 18.0. The minimum atomic E-state index is -2.63. The van der Waals surface area contributed by atoms with Crippen molar-refractivity contribution in [3.05, 3.63) is 45.5 Å². The van der Waals surface area contributed by atoms with Gasteiger partial charge in [-0.1, -0.05) is 13.3 Å². The number of aliphatic hydroxyl groups is 3. The third-order valence-electron chi connectivity index (χ3n) is 8.51. The maximum absolute atomic E-state index is 15.9. The van der Waals surface area contributed by atoms with Crippen molar-refractivity contribution in [3.63, 3.8) is 0 Å². The highest BCUT2D eigenvalue weighted by molar-refractivity contribution is 6.22. The standard InChI is InChI=1S/C28H33FN2O7/c1-2-3-6-31(11-13-4-5-13)12-15-9-18(32)21-17(23(15)29)8-14-7-16-10-19(33)22(27(30)37)26(36)28(16,38)25(35)20(14)24(21)34/h9,13-14,16,32,34,36,38H,2-8,10-12H2,1H3,(H2,30,37)/t14?,16-,28-/m0/s1. The Morgan fingerprint density at radius 2 is 1.92 bits per heavy atom. The molecule has 9 nitrogen and oxygen atoms in total. The second-order valence-corrected chi connectivity index (χ2v) is 11.2. The SMILES string of the molecule is CCCCN(Cc1cc(O)c2c(c1F)CC1C[C@H]3CC(=O)C(C(N)=O)=C(O)[C@@]3(O)C(=O)C1=C2O)CC1CC1. The van der Waals surface area contributed by atoms with E-state index in [4.69, 9.17) is 5.73 Å². The van der Waals surface area contributed by atoms with Gasteiger partial charge in [0.15, 0.2) is 11.4 Å². The van der Waals surface area contributed by atoms with Gasteiger partial charge < -0.3 is 26.2 Å². The summed E-state index contributed by atoms with van der Waals surface area (Å²) in [5.74, 6) is -7.17. The highest BCUT2D eigenvalue weighted by Crippen LogP contribution is 2.52. The fraction of sp³-hybridized carbons (Fsp3) is 0.536. The van der Waals surface area contributed by atoms with Crippen molar-refractivity contribution in [2.45, 2.75) is 64.0 Å². The van der Waals surface area contributed by atoms with Crippen LogP contribution in [-0.4, -0.2) is 61.5 Å². The summed E-state index contributed by atoms with van der Waals surface area (Å²) >= 11 is 0. The molecule has 5 rings (SSSR count). The second kappa shape index (κ2) is 9.50. The Balaban J connectivity index is 1.55. The van der Waals surface area contributed by atoms with E-state index in [1.165, 1.54) is 6.07 Å². The van der Waals surface area contributed by atoms with Gasteiger partial charge in [-0.2, -0.15) is 0 Å². The zero-order chi connectivity index (χ0) is 27.5. The van der Waals surface area contributed by atoms with Gasteiger partial charge in [0.05, 0.1) is 5.56 Å². The maximum Gasteiger partial charge on any atom is 0.255 e. The topological polar surface area (TPSA) is 161 Å². The molecule has 1 aromatic rings. The number of fused-ring (bicyclic) bond motifs is 3. The summed E-state index contributed by atoms with van der Waals surface area (Å²) in [6.07, 6.45) is 3.78. The molecule has 0 saturated heterocycles. The molecule has 1 unspecified atom stereocenters. The van der Waals surface area contributed by atoms with Crippen LogP contribution in [-0.2, 0) is 27.3 Å². The lowest BCUT2D eigenvalue weighted by atomic mass is 9.59. The van der Waals surface area contributed by atoms with E-state index < -0.39 is 64.2 Å². The Labute approximate surface area is 219 Å². The lowest BCUT2D eigenvalue weighted by molar-refractivity contribution is -0.147. The number of aromatic hydroxyl groups is 1. The number of aliphatic hydroxyl groups excluding tert-OH is 2. The van der Waals surface area contributed by atoms with E-state index in [2.05, 4.69) is 11.8 Å². The molecular weight excluding hydrogens is 495 g/mol. The molecule has 10 heteroatoms. The van der Waals surface area contributed by atoms with Crippen LogP contribution in [0.25, 0.3) is 5.76 Å². The molecule has 0 spiro atoms. The summed E-state index contributed by atoms with van der Waals surface area (Å²) in [7, 11) is 0. The molecular formula is C28H33FN2O7. The zero-order valence-corrected chi connectivity index (χ0v) is 21.3. The van der Waals surface area contributed by atoms with Crippen LogP contribution in [0.15, 0.2) is 23.0 Å². The molecule has 0 bridgehead atoms. The summed E-state index contributed by atoms with van der Waals surface area (Å²) in [5.41, 5.74) is 1.60. The average molecular weight is 529 g/mol. The molecule has 0 heterocycles. The Kier molecular flexibility index (Phi) is 6.59. The quantitative estimate of drug-likeness (QED) is 0.322. The van der Waals surface area contributed by atoms with Gasteiger partial charge >= 0.3 is 0 Å². The maximum atomic E-state index is 15.9. The van der Waals surface area contributed by atoms with Crippen LogP contribution >= 0.6 is 0 Å². The number of Topliss-reactive ketones (excluding diaryl/α,β-unsaturated/α-hetero) is 2. The van der Waals surface area contributed by atoms with E-state index in [0.717, 1.165) is 38.8 Å². The predicted molar refractivity (Wildman–Crippen MR) is 134 cm³/mol. The van der Waals surface area contributed by atoms with Crippen LogP contribution in [0.5, 0.6) is 5.75 Å². The summed E-state index contributed by atoms with van der Waals surface area (Å²) in [6.45, 7) is 4.04. The summed E-state index contributed by atoms with van der Waals surface area (Å²) in [4.78, 5) is 39.9. The van der Waals surface area contributed by atoms with Gasteiger partial charge in [0, 0.05) is 42.1 Å². The summed E-state index contributed by atoms with van der Waals surface area (Å²) < 4.78 is 15.9. The fourth-order valence-corrected chi connectivity index (χ4v) is 6.36. The lowest BCUT2D eigenvalue weighted by Crippen LogP contribution is -2.58. The van der Waals surface area contributed by atoms with Crippen molar-refractivity contribution in [1.82, 2.24) is 4.90 Å². The van der Waals surface area contributed by atoms with Crippen LogP contribution in [0, 0.1) is 23.6 Å². The number of unbranched alkanes of at least 4 members (excludes halogenated alkanes) is 1. The van der Waals surface area contributed by atoms with Crippen molar-refractivity contribution >= 4 is 23.2 Å². The van der Waals surface area contributed by atoms with E-state index in [0.29, 0.717) is 18.0 Å². The van der Waals surface area contributed by atoms with E-state index in [1.807, 2.05) is 0 Å². The zero-order valence-electron chi connectivity index (χ0n) is 21.3. The van der Waals surface area contributed by atoms with Gasteiger partial charge in [0.1, 0.15) is 28.7 Å². The first-order valence-corrected chi connectivity index (χ1v) is 13.2. The van der Waals surface area contributed by atoms with Crippen molar-refractivity contribution in [3.8, 4) is 5.75 Å². The molecule has 4 aliphatic rings. The van der Waals surface area contributed by atoms with E-state index >= 15 is 4.39 Å². The minimum Gasteiger partial charge on any atom is -0.508 e. The summed E-state index contributed by atoms with van der Waals surface area (Å²) in [5, 5.41) is 43.9. The molecule has 3 atom stereocenters. The third-order valence-corrected chi connectivity index (χ3v) is 8.51. The van der Waals surface area contributed by atoms with Crippen molar-refractivity contribution < 1.29 is 39.2 Å². The molecule has 0 aliphatic heterocycles. The van der Waals surface area contributed by atoms with Crippen LogP contribution in [0.4, 0.5) is 4.39 Å². The molecule has 2 fully saturated rings. The number of primary amides is 1. The molecule has 6 N–H and O–H groups in total. The van der Waals surface area contributed by atoms with Crippen molar-refractivity contribution in [2.24, 2.45) is 23.5 Å². The third kappa shape index (κ3) is 4.10. The predicted octanol–water partition coefficient (Wildman–Crippen LogP) is 2.58. The number of carbonyl (C=O) groups excluding carboxylic acids is 3. The molecule has 1 amide bonds. The number of halogens is 1. The minimum absolute atomic E-state index is 0.0301. The van der Waals surface area contributed by atoms with Crippen LogP contribution < -0.4 is 5.73 Å². The highest BCUT2D eigenvalue weighted by atomic mass is 19.1. The number of nitrogens with zero attached hydrogens (tertiary/aromatic N) is 1. The van der Waals surface area contributed by atoms with Gasteiger partial charge in [-0.05, 0) is 56.6 Å². The molecule has 38 heavy (non-hydrogen) atoms. The number of amides is 1. The number of nitrogens with two attached hydrogens (primary N) is 1. The number of phenols is 1. The van der Waals surface area contributed by atoms with Crippen LogP contribution in [0.2, 0.25) is 0 Å². The smallest absolute Gasteiger partial charge is 0.255 e. The van der Waals surface area contributed by atoms with Gasteiger partial charge in [-0.25, -0.2) is 4.39 Å². The fourth-order valence-electron chi connectivity index (χ4n) is 6.36. The largest absolute Gasteiger partial charge is 0.508 e. The summed E-state index contributed by atoms with van der Waals surface area (Å²) in [6, 6.07) is 1.27. The number of hydrogen-bond acceptors (Lipinski definition) is 8. The molecule has 4 aliphatic carbocycles. The monoisotopic (exact) mass is 528 g/mol. The van der Waals surface area contributed by atoms with Crippen LogP contribution in [0.3, 0.4) is 0 Å². The van der Waals surface area contributed by atoms with E-state index in [-0.39, 0.29) is 35.3 Å². The molecule has 204 valence electrons. The molecule has 0 radical (unpaired) electrons. The van der Waals surface area contributed by atoms with E-state index in [9.17, 15) is 34.8 Å². The number of rotatable bonds is 8. The van der Waals surface area contributed by atoms with Gasteiger partial charge in [0.2, 0.25) is 5.78 Å². The number of phenolic OH excluding ortho intramolecular Hbond substituents is 1. The number of hydrogen-bond donors (Lipinski definition) is 5. The second-order valence-electron chi connectivity index (χ2n) is 11.2. The Morgan fingerprint density at radius 3 is 2.55 bits per heavy atom.